The molecule has 0 aliphatic rings. The van der Waals surface area contributed by atoms with E-state index in [1.165, 1.54) is 12.1 Å². The van der Waals surface area contributed by atoms with Crippen LogP contribution in [-0.2, 0) is 17.6 Å². The van der Waals surface area contributed by atoms with Crippen LogP contribution in [0.15, 0.2) is 42.5 Å². The summed E-state index contributed by atoms with van der Waals surface area (Å²) in [5.74, 6) is -3.07. The normalized spacial score (nSPS) is 12.1. The molecule has 0 bridgehead atoms. The lowest BCUT2D eigenvalue weighted by molar-refractivity contribution is -0.141. The highest BCUT2D eigenvalue weighted by Gasteiger charge is 2.19. The first-order valence-electron chi connectivity index (χ1n) is 6.67. The van der Waals surface area contributed by atoms with Crippen LogP contribution in [0.3, 0.4) is 0 Å². The monoisotopic (exact) mass is 290 g/mol. The van der Waals surface area contributed by atoms with Crippen LogP contribution in [0.2, 0.25) is 0 Å². The van der Waals surface area contributed by atoms with E-state index in [2.05, 4.69) is 0 Å². The maximum Gasteiger partial charge on any atom is 0.307 e. The van der Waals surface area contributed by atoms with Crippen LogP contribution in [-0.4, -0.2) is 11.1 Å². The number of hydrogen-bond donors (Lipinski definition) is 1. The molecule has 2 aromatic carbocycles. The van der Waals surface area contributed by atoms with Crippen LogP contribution in [0, 0.1) is 24.5 Å². The second-order valence-corrected chi connectivity index (χ2v) is 5.21. The van der Waals surface area contributed by atoms with Gasteiger partial charge in [-0.05, 0) is 43.0 Å². The van der Waals surface area contributed by atoms with Gasteiger partial charge in [-0.25, -0.2) is 8.78 Å². The van der Waals surface area contributed by atoms with E-state index in [0.29, 0.717) is 12.0 Å². The van der Waals surface area contributed by atoms with Crippen molar-refractivity contribution < 1.29 is 18.7 Å². The van der Waals surface area contributed by atoms with E-state index in [4.69, 9.17) is 0 Å². The molecule has 0 aliphatic heterocycles. The molecule has 1 N–H and O–H groups in total. The fourth-order valence-electron chi connectivity index (χ4n) is 2.27. The lowest BCUT2D eigenvalue weighted by Crippen LogP contribution is -2.19. The van der Waals surface area contributed by atoms with E-state index in [9.17, 15) is 18.7 Å². The van der Waals surface area contributed by atoms with Crippen molar-refractivity contribution in [2.75, 3.05) is 0 Å². The van der Waals surface area contributed by atoms with Gasteiger partial charge in [0.25, 0.3) is 0 Å². The van der Waals surface area contributed by atoms with Gasteiger partial charge in [0.15, 0.2) is 0 Å². The van der Waals surface area contributed by atoms with Crippen molar-refractivity contribution in [2.45, 2.75) is 19.8 Å². The van der Waals surface area contributed by atoms with Crippen LogP contribution in [0.25, 0.3) is 0 Å². The van der Waals surface area contributed by atoms with Crippen molar-refractivity contribution in [3.8, 4) is 0 Å². The van der Waals surface area contributed by atoms with Gasteiger partial charge in [0, 0.05) is 6.07 Å². The summed E-state index contributed by atoms with van der Waals surface area (Å²) in [5.41, 5.74) is 2.34. The molecule has 2 aromatic rings. The summed E-state index contributed by atoms with van der Waals surface area (Å²) in [4.78, 5) is 11.4. The van der Waals surface area contributed by atoms with Crippen molar-refractivity contribution in [1.29, 1.82) is 0 Å². The Kier molecular flexibility index (Phi) is 4.68. The summed E-state index contributed by atoms with van der Waals surface area (Å²) in [7, 11) is 0. The van der Waals surface area contributed by atoms with Crippen LogP contribution in [0.4, 0.5) is 8.78 Å². The number of benzene rings is 2. The molecule has 0 aliphatic carbocycles. The zero-order chi connectivity index (χ0) is 15.4. The van der Waals surface area contributed by atoms with Gasteiger partial charge in [-0.2, -0.15) is 0 Å². The van der Waals surface area contributed by atoms with Crippen molar-refractivity contribution >= 4 is 5.97 Å². The Hall–Kier alpha value is -2.23. The smallest absolute Gasteiger partial charge is 0.307 e. The third kappa shape index (κ3) is 4.38. The van der Waals surface area contributed by atoms with Gasteiger partial charge in [0.05, 0.1) is 5.92 Å². The quantitative estimate of drug-likeness (QED) is 0.910. The molecule has 1 atom stereocenters. The minimum absolute atomic E-state index is 0.0951. The maximum atomic E-state index is 13.2. The summed E-state index contributed by atoms with van der Waals surface area (Å²) < 4.78 is 26.3. The highest BCUT2D eigenvalue weighted by Crippen LogP contribution is 2.18. The Balaban J connectivity index is 2.15. The standard InChI is InChI=1S/C17H16F2O2/c1-11-2-4-12(5-3-11)6-14(17(20)21)7-13-8-15(18)10-16(19)9-13/h2-5,8-10,14H,6-7H2,1H3,(H,20,21). The van der Waals surface area contributed by atoms with Gasteiger partial charge in [-0.3, -0.25) is 4.79 Å². The number of carboxylic acids is 1. The number of halogens is 2. The fraction of sp³-hybridized carbons (Fsp3) is 0.235. The molecule has 1 unspecified atom stereocenters. The van der Waals surface area contributed by atoms with Crippen LogP contribution >= 0.6 is 0 Å². The topological polar surface area (TPSA) is 37.3 Å². The SMILES string of the molecule is Cc1ccc(CC(Cc2cc(F)cc(F)c2)C(=O)O)cc1. The summed E-state index contributed by atoms with van der Waals surface area (Å²) in [6.45, 7) is 1.95. The Morgan fingerprint density at radius 3 is 2.05 bits per heavy atom. The Morgan fingerprint density at radius 1 is 1.00 bits per heavy atom. The molecule has 110 valence electrons. The zero-order valence-electron chi connectivity index (χ0n) is 11.6. The number of aryl methyl sites for hydroxylation is 1. The fourth-order valence-corrected chi connectivity index (χ4v) is 2.27. The number of carboxylic acid groups (broad SMARTS) is 1. The third-order valence-corrected chi connectivity index (χ3v) is 3.36. The molecular formula is C17H16F2O2. The second kappa shape index (κ2) is 6.48. The molecule has 0 aromatic heterocycles. The van der Waals surface area contributed by atoms with Gasteiger partial charge in [-0.15, -0.1) is 0 Å². The molecule has 0 heterocycles. The molecule has 0 saturated carbocycles. The van der Waals surface area contributed by atoms with Crippen LogP contribution < -0.4 is 0 Å². The minimum atomic E-state index is -0.972. The van der Waals surface area contributed by atoms with Crippen molar-refractivity contribution in [2.24, 2.45) is 5.92 Å². The largest absolute Gasteiger partial charge is 0.481 e. The van der Waals surface area contributed by atoms with E-state index >= 15 is 0 Å². The van der Waals surface area contributed by atoms with Crippen LogP contribution in [0.5, 0.6) is 0 Å². The first kappa shape index (κ1) is 15.2. The van der Waals surface area contributed by atoms with Gasteiger partial charge in [0.2, 0.25) is 0 Å². The Bertz CT molecular complexity index is 615. The average molecular weight is 290 g/mol. The Morgan fingerprint density at radius 2 is 1.52 bits per heavy atom. The maximum absolute atomic E-state index is 13.2. The van der Waals surface area contributed by atoms with E-state index in [1.807, 2.05) is 31.2 Å². The molecular weight excluding hydrogens is 274 g/mol. The van der Waals surface area contributed by atoms with Crippen molar-refractivity contribution in [3.05, 3.63) is 70.8 Å². The molecule has 0 spiro atoms. The second-order valence-electron chi connectivity index (χ2n) is 5.21. The summed E-state index contributed by atoms with van der Waals surface area (Å²) >= 11 is 0. The first-order valence-corrected chi connectivity index (χ1v) is 6.67. The van der Waals surface area contributed by atoms with E-state index in [1.54, 1.807) is 0 Å². The number of hydrogen-bond acceptors (Lipinski definition) is 1. The first-order chi connectivity index (χ1) is 9.94. The number of carbonyl (C=O) groups is 1. The lowest BCUT2D eigenvalue weighted by Gasteiger charge is -2.13. The highest BCUT2D eigenvalue weighted by molar-refractivity contribution is 5.70. The number of rotatable bonds is 5. The molecule has 0 saturated heterocycles. The zero-order valence-corrected chi connectivity index (χ0v) is 11.6. The molecule has 2 nitrogen and oxygen atoms in total. The molecule has 0 fully saturated rings. The summed E-state index contributed by atoms with van der Waals surface area (Å²) in [6.07, 6.45) is 0.422. The molecule has 2 rings (SSSR count). The van der Waals surface area contributed by atoms with Gasteiger partial charge >= 0.3 is 5.97 Å². The van der Waals surface area contributed by atoms with E-state index < -0.39 is 23.5 Å². The average Bonchev–Trinajstić information content (AvgIpc) is 2.39. The van der Waals surface area contributed by atoms with E-state index in [-0.39, 0.29) is 6.42 Å². The van der Waals surface area contributed by atoms with Gasteiger partial charge in [-0.1, -0.05) is 29.8 Å². The predicted molar refractivity (Wildman–Crippen MR) is 76.1 cm³/mol. The molecule has 0 amide bonds. The van der Waals surface area contributed by atoms with E-state index in [0.717, 1.165) is 17.2 Å². The number of aliphatic carboxylic acids is 1. The van der Waals surface area contributed by atoms with Crippen molar-refractivity contribution in [3.63, 3.8) is 0 Å². The van der Waals surface area contributed by atoms with Crippen molar-refractivity contribution in [1.82, 2.24) is 0 Å². The minimum Gasteiger partial charge on any atom is -0.481 e. The third-order valence-electron chi connectivity index (χ3n) is 3.36. The van der Waals surface area contributed by atoms with Crippen LogP contribution in [0.1, 0.15) is 16.7 Å². The highest BCUT2D eigenvalue weighted by atomic mass is 19.1. The molecule has 21 heavy (non-hydrogen) atoms. The Labute approximate surface area is 122 Å². The van der Waals surface area contributed by atoms with Gasteiger partial charge in [0.1, 0.15) is 11.6 Å². The lowest BCUT2D eigenvalue weighted by atomic mass is 9.92. The molecule has 0 radical (unpaired) electrons. The molecule has 4 heteroatoms. The predicted octanol–water partition coefficient (Wildman–Crippen LogP) is 3.76. The summed E-state index contributed by atoms with van der Waals surface area (Å²) in [5, 5.41) is 9.30. The summed E-state index contributed by atoms with van der Waals surface area (Å²) in [6, 6.07) is 10.7. The van der Waals surface area contributed by atoms with Gasteiger partial charge < -0.3 is 5.11 Å².